The monoisotopic (exact) mass is 482 g/mol. The number of hydrogen-bond donors (Lipinski definition) is 1. The molecule has 0 aliphatic carbocycles. The fraction of sp³-hybridized carbons (Fsp3) is 0.526. The van der Waals surface area contributed by atoms with Crippen LogP contribution in [0.15, 0.2) is 42.0 Å². The number of imidazole rings is 1. The van der Waals surface area contributed by atoms with Gasteiger partial charge in [-0.3, -0.25) is 4.57 Å². The van der Waals surface area contributed by atoms with E-state index in [1.165, 1.54) is 6.42 Å². The maximum atomic E-state index is 5.65. The van der Waals surface area contributed by atoms with Gasteiger partial charge in [0.2, 0.25) is 0 Å². The summed E-state index contributed by atoms with van der Waals surface area (Å²) in [5.41, 5.74) is 1.41. The molecule has 4 rings (SSSR count). The van der Waals surface area contributed by atoms with Crippen LogP contribution >= 0.6 is 24.0 Å². The van der Waals surface area contributed by atoms with Crippen LogP contribution in [0.5, 0.6) is 0 Å². The molecule has 0 bridgehead atoms. The Bertz CT molecular complexity index is 757. The van der Waals surface area contributed by atoms with Crippen molar-refractivity contribution in [2.24, 2.45) is 10.4 Å². The smallest absolute Gasteiger partial charge is 0.194 e. The summed E-state index contributed by atoms with van der Waals surface area (Å²) in [5, 5.41) is 3.45. The quantitative estimate of drug-likeness (QED) is 0.412. The Morgan fingerprint density at radius 2 is 2.30 bits per heavy atom. The molecule has 1 spiro atoms. The summed E-state index contributed by atoms with van der Waals surface area (Å²) < 4.78 is 7.58. The van der Waals surface area contributed by atoms with E-state index in [9.17, 15) is 0 Å². The zero-order valence-electron chi connectivity index (χ0n) is 15.7. The molecule has 27 heavy (non-hydrogen) atoms. The van der Waals surface area contributed by atoms with Crippen molar-refractivity contribution in [2.75, 3.05) is 32.8 Å². The molecule has 7 nitrogen and oxygen atoms in total. The van der Waals surface area contributed by atoms with Crippen LogP contribution in [0.25, 0.3) is 5.82 Å². The maximum absolute atomic E-state index is 5.65. The highest BCUT2D eigenvalue weighted by molar-refractivity contribution is 14.0. The van der Waals surface area contributed by atoms with Crippen LogP contribution in [-0.2, 0) is 11.3 Å². The summed E-state index contributed by atoms with van der Waals surface area (Å²) in [4.78, 5) is 15.9. The van der Waals surface area contributed by atoms with Crippen LogP contribution in [0.3, 0.4) is 0 Å². The van der Waals surface area contributed by atoms with Crippen LogP contribution in [0.4, 0.5) is 0 Å². The van der Waals surface area contributed by atoms with Gasteiger partial charge < -0.3 is 15.0 Å². The van der Waals surface area contributed by atoms with Gasteiger partial charge in [0.15, 0.2) is 5.96 Å². The lowest BCUT2D eigenvalue weighted by atomic mass is 9.87. The molecular weight excluding hydrogens is 455 g/mol. The van der Waals surface area contributed by atoms with Gasteiger partial charge >= 0.3 is 0 Å². The predicted molar refractivity (Wildman–Crippen MR) is 116 cm³/mol. The summed E-state index contributed by atoms with van der Waals surface area (Å²) >= 11 is 0. The Morgan fingerprint density at radius 1 is 1.37 bits per heavy atom. The van der Waals surface area contributed by atoms with Crippen LogP contribution in [0.2, 0.25) is 0 Å². The molecule has 2 aromatic rings. The van der Waals surface area contributed by atoms with E-state index in [0.29, 0.717) is 12.0 Å². The molecule has 0 aromatic carbocycles. The molecule has 8 heteroatoms. The van der Waals surface area contributed by atoms with E-state index in [1.807, 2.05) is 16.8 Å². The first kappa shape index (κ1) is 20.1. The number of nitrogens with zero attached hydrogens (tertiary/aromatic N) is 5. The van der Waals surface area contributed by atoms with Gasteiger partial charge in [-0.25, -0.2) is 15.0 Å². The molecule has 2 aromatic heterocycles. The van der Waals surface area contributed by atoms with E-state index in [4.69, 9.17) is 9.73 Å². The highest BCUT2D eigenvalue weighted by Crippen LogP contribution is 2.38. The number of guanidine groups is 1. The fourth-order valence-electron chi connectivity index (χ4n) is 3.84. The lowest BCUT2D eigenvalue weighted by Gasteiger charge is -2.25. The first-order valence-corrected chi connectivity index (χ1v) is 9.33. The number of hydrogen-bond acceptors (Lipinski definition) is 4. The van der Waals surface area contributed by atoms with Crippen molar-refractivity contribution < 1.29 is 4.74 Å². The molecule has 0 saturated carbocycles. The Balaban J connectivity index is 0.00000210. The van der Waals surface area contributed by atoms with Crippen molar-refractivity contribution >= 4 is 29.9 Å². The second-order valence-electron chi connectivity index (χ2n) is 7.10. The van der Waals surface area contributed by atoms with Gasteiger partial charge in [0.05, 0.1) is 13.2 Å². The molecule has 1 unspecified atom stereocenters. The minimum absolute atomic E-state index is 0. The Morgan fingerprint density at radius 3 is 3.04 bits per heavy atom. The third kappa shape index (κ3) is 4.43. The average molecular weight is 482 g/mol. The van der Waals surface area contributed by atoms with Crippen LogP contribution < -0.4 is 5.32 Å². The first-order valence-electron chi connectivity index (χ1n) is 9.33. The lowest BCUT2D eigenvalue weighted by Crippen LogP contribution is -2.41. The molecule has 4 heterocycles. The zero-order chi connectivity index (χ0) is 17.8. The number of nitrogens with one attached hydrogen (secondary N) is 1. The summed E-state index contributed by atoms with van der Waals surface area (Å²) in [7, 11) is 0. The molecule has 2 saturated heterocycles. The minimum atomic E-state index is 0. The van der Waals surface area contributed by atoms with Gasteiger partial charge in [-0.1, -0.05) is 6.07 Å². The minimum Gasteiger partial charge on any atom is -0.381 e. The Kier molecular flexibility index (Phi) is 6.69. The number of pyridine rings is 1. The van der Waals surface area contributed by atoms with Crippen molar-refractivity contribution in [1.82, 2.24) is 24.8 Å². The largest absolute Gasteiger partial charge is 0.381 e. The van der Waals surface area contributed by atoms with Gasteiger partial charge in [-0.05, 0) is 25.8 Å². The highest BCUT2D eigenvalue weighted by Gasteiger charge is 2.42. The van der Waals surface area contributed by atoms with E-state index in [2.05, 4.69) is 33.2 Å². The van der Waals surface area contributed by atoms with E-state index in [-0.39, 0.29) is 24.0 Å². The Labute approximate surface area is 177 Å². The summed E-state index contributed by atoms with van der Waals surface area (Å²) in [6.07, 6.45) is 9.59. The van der Waals surface area contributed by atoms with Crippen molar-refractivity contribution in [3.8, 4) is 5.82 Å². The maximum Gasteiger partial charge on any atom is 0.194 e. The molecule has 2 fully saturated rings. The zero-order valence-corrected chi connectivity index (χ0v) is 18.0. The number of ether oxygens (including phenoxy) is 1. The van der Waals surface area contributed by atoms with Crippen LogP contribution in [0, 0.1) is 5.41 Å². The third-order valence-electron chi connectivity index (χ3n) is 5.27. The van der Waals surface area contributed by atoms with Crippen molar-refractivity contribution in [3.05, 3.63) is 42.6 Å². The number of aromatic nitrogens is 3. The molecule has 146 valence electrons. The highest BCUT2D eigenvalue weighted by atomic mass is 127. The lowest BCUT2D eigenvalue weighted by molar-refractivity contribution is 0.156. The third-order valence-corrected chi connectivity index (χ3v) is 5.27. The second kappa shape index (κ2) is 9.01. The van der Waals surface area contributed by atoms with Crippen molar-refractivity contribution in [3.63, 3.8) is 0 Å². The SMILES string of the molecule is CCNC(=NCc1cccnc1-n1ccnc1)N1CCC2(CCOC2)C1.I. The van der Waals surface area contributed by atoms with Crippen LogP contribution in [0.1, 0.15) is 25.3 Å². The summed E-state index contributed by atoms with van der Waals surface area (Å²) in [6.45, 7) is 7.41. The van der Waals surface area contributed by atoms with Crippen molar-refractivity contribution in [1.29, 1.82) is 0 Å². The summed E-state index contributed by atoms with van der Waals surface area (Å²) in [6, 6.07) is 4.03. The van der Waals surface area contributed by atoms with E-state index >= 15 is 0 Å². The van der Waals surface area contributed by atoms with Gasteiger partial charge in [0, 0.05) is 55.8 Å². The summed E-state index contributed by atoms with van der Waals surface area (Å²) in [5.74, 6) is 1.86. The molecule has 2 aliphatic heterocycles. The first-order chi connectivity index (χ1) is 12.8. The standard InChI is InChI=1S/C19H26N6O.HI/c1-2-21-18(24-9-5-19(13-24)6-11-26-14-19)23-12-16-4-3-7-22-17(16)25-10-8-20-15-25;/h3-4,7-8,10,15H,2,5-6,9,11-14H2,1H3,(H,21,23);1H. The molecule has 1 atom stereocenters. The second-order valence-corrected chi connectivity index (χ2v) is 7.10. The number of halogens is 1. The number of likely N-dealkylation sites (tertiary alicyclic amines) is 1. The molecule has 0 amide bonds. The van der Waals surface area contributed by atoms with Crippen molar-refractivity contribution in [2.45, 2.75) is 26.3 Å². The van der Waals surface area contributed by atoms with E-state index < -0.39 is 0 Å². The average Bonchev–Trinajstić information content (AvgIpc) is 3.43. The van der Waals surface area contributed by atoms with Gasteiger partial charge in [-0.15, -0.1) is 24.0 Å². The molecule has 0 radical (unpaired) electrons. The van der Waals surface area contributed by atoms with E-state index in [1.54, 1.807) is 18.7 Å². The van der Waals surface area contributed by atoms with Gasteiger partial charge in [-0.2, -0.15) is 0 Å². The van der Waals surface area contributed by atoms with Gasteiger partial charge in [0.25, 0.3) is 0 Å². The predicted octanol–water partition coefficient (Wildman–Crippen LogP) is 2.46. The number of aliphatic imine (C=N–C) groups is 1. The molecular formula is C19H27IN6O. The van der Waals surface area contributed by atoms with E-state index in [0.717, 1.165) is 56.6 Å². The van der Waals surface area contributed by atoms with Gasteiger partial charge in [0.1, 0.15) is 12.1 Å². The topological polar surface area (TPSA) is 67.6 Å². The fourth-order valence-corrected chi connectivity index (χ4v) is 3.84. The molecule has 2 aliphatic rings. The Hall–Kier alpha value is -1.68. The van der Waals surface area contributed by atoms with Crippen LogP contribution in [-0.4, -0.2) is 58.2 Å². The molecule has 1 N–H and O–H groups in total. The number of rotatable bonds is 4. The normalized spacial score (nSPS) is 22.3.